The predicted octanol–water partition coefficient (Wildman–Crippen LogP) is 3.88. The Labute approximate surface area is 148 Å². The van der Waals surface area contributed by atoms with E-state index in [1.165, 1.54) is 6.92 Å². The maximum Gasteiger partial charge on any atom is 0.307 e. The third kappa shape index (κ3) is 5.54. The van der Waals surface area contributed by atoms with Gasteiger partial charge in [-0.05, 0) is 22.8 Å². The molecule has 1 N–H and O–H groups in total. The lowest BCUT2D eigenvalue weighted by atomic mass is 10.0. The first-order chi connectivity index (χ1) is 11.5. The van der Waals surface area contributed by atoms with Crippen LogP contribution in [0.4, 0.5) is 0 Å². The molecule has 0 unspecified atom stereocenters. The summed E-state index contributed by atoms with van der Waals surface area (Å²) in [5.74, 6) is -0.724. The van der Waals surface area contributed by atoms with Crippen molar-refractivity contribution >= 4 is 39.7 Å². The molecule has 0 aliphatic carbocycles. The zero-order valence-electron chi connectivity index (χ0n) is 13.0. The van der Waals surface area contributed by atoms with E-state index < -0.39 is 5.97 Å². The Hall–Kier alpha value is -2.05. The number of carboxylic acid groups (broad SMARTS) is 1. The summed E-state index contributed by atoms with van der Waals surface area (Å²) in [6.45, 7) is 1.44. The highest BCUT2D eigenvalue weighted by atomic mass is 32.2. The van der Waals surface area contributed by atoms with E-state index in [1.54, 1.807) is 12.1 Å². The minimum absolute atomic E-state index is 0.0164. The van der Waals surface area contributed by atoms with Gasteiger partial charge in [0.1, 0.15) is 0 Å². The summed E-state index contributed by atoms with van der Waals surface area (Å²) >= 11 is 2.12. The smallest absolute Gasteiger partial charge is 0.307 e. The van der Waals surface area contributed by atoms with Crippen molar-refractivity contribution < 1.29 is 19.5 Å². The van der Waals surface area contributed by atoms with Crippen molar-refractivity contribution in [2.45, 2.75) is 18.2 Å². The van der Waals surface area contributed by atoms with Crippen LogP contribution in [0.2, 0.25) is 0 Å². The van der Waals surface area contributed by atoms with Gasteiger partial charge >= 0.3 is 5.97 Å². The number of carboxylic acids is 1. The molecule has 0 spiro atoms. The SMILES string of the molecule is CC(=O)SCC(=O)Sc1ccccc1-c1ccc(CC(=O)O)cc1. The summed E-state index contributed by atoms with van der Waals surface area (Å²) in [4.78, 5) is 34.5. The molecule has 0 amide bonds. The molecular weight excluding hydrogens is 344 g/mol. The normalized spacial score (nSPS) is 10.4. The van der Waals surface area contributed by atoms with E-state index in [9.17, 15) is 14.4 Å². The first-order valence-electron chi connectivity index (χ1n) is 7.20. The first-order valence-corrected chi connectivity index (χ1v) is 9.00. The van der Waals surface area contributed by atoms with Crippen molar-refractivity contribution in [1.82, 2.24) is 0 Å². The highest BCUT2D eigenvalue weighted by Gasteiger charge is 2.11. The van der Waals surface area contributed by atoms with Crippen LogP contribution in [0.25, 0.3) is 11.1 Å². The van der Waals surface area contributed by atoms with Crippen LogP contribution in [-0.2, 0) is 20.8 Å². The van der Waals surface area contributed by atoms with Crippen LogP contribution < -0.4 is 0 Å². The van der Waals surface area contributed by atoms with Crippen molar-refractivity contribution in [1.29, 1.82) is 0 Å². The highest BCUT2D eigenvalue weighted by molar-refractivity contribution is 8.19. The number of aliphatic carboxylic acids is 1. The second kappa shape index (κ2) is 8.70. The molecule has 0 saturated heterocycles. The van der Waals surface area contributed by atoms with Gasteiger partial charge in [-0.3, -0.25) is 14.4 Å². The van der Waals surface area contributed by atoms with Gasteiger partial charge < -0.3 is 5.11 Å². The third-order valence-electron chi connectivity index (χ3n) is 3.12. The molecule has 0 saturated carbocycles. The Kier molecular flexibility index (Phi) is 6.63. The number of benzene rings is 2. The van der Waals surface area contributed by atoms with Crippen LogP contribution in [0.5, 0.6) is 0 Å². The fraction of sp³-hybridized carbons (Fsp3) is 0.167. The number of hydrogen-bond acceptors (Lipinski definition) is 5. The molecule has 0 atom stereocenters. The van der Waals surface area contributed by atoms with Gasteiger partial charge in [0.15, 0.2) is 5.12 Å². The minimum Gasteiger partial charge on any atom is -0.481 e. The van der Waals surface area contributed by atoms with Gasteiger partial charge in [-0.1, -0.05) is 66.0 Å². The number of carbonyl (C=O) groups excluding carboxylic acids is 2. The average Bonchev–Trinajstić information content (AvgIpc) is 2.54. The Morgan fingerprint density at radius 2 is 1.67 bits per heavy atom. The minimum atomic E-state index is -0.868. The van der Waals surface area contributed by atoms with Gasteiger partial charge in [0.25, 0.3) is 0 Å². The summed E-state index contributed by atoms with van der Waals surface area (Å²) < 4.78 is 0. The van der Waals surface area contributed by atoms with Crippen LogP contribution in [0.15, 0.2) is 53.4 Å². The molecule has 4 nitrogen and oxygen atoms in total. The first kappa shape index (κ1) is 18.3. The van der Waals surface area contributed by atoms with E-state index in [0.717, 1.165) is 45.1 Å². The Morgan fingerprint density at radius 3 is 2.29 bits per heavy atom. The number of thioether (sulfide) groups is 2. The lowest BCUT2D eigenvalue weighted by molar-refractivity contribution is -0.136. The maximum atomic E-state index is 12.0. The fourth-order valence-electron chi connectivity index (χ4n) is 2.08. The topological polar surface area (TPSA) is 71.4 Å². The zero-order chi connectivity index (χ0) is 17.5. The molecule has 2 rings (SSSR count). The number of rotatable bonds is 6. The molecule has 24 heavy (non-hydrogen) atoms. The second-order valence-electron chi connectivity index (χ2n) is 5.02. The van der Waals surface area contributed by atoms with Crippen LogP contribution in [-0.4, -0.2) is 27.1 Å². The van der Waals surface area contributed by atoms with Crippen LogP contribution >= 0.6 is 23.5 Å². The van der Waals surface area contributed by atoms with Gasteiger partial charge in [0.05, 0.1) is 12.2 Å². The standard InChI is InChI=1S/C18H16O4S2/c1-12(19)23-11-18(22)24-16-5-3-2-4-15(16)14-8-6-13(7-9-14)10-17(20)21/h2-9H,10-11H2,1H3,(H,20,21). The van der Waals surface area contributed by atoms with Crippen molar-refractivity contribution in [2.75, 3.05) is 5.75 Å². The van der Waals surface area contributed by atoms with Crippen molar-refractivity contribution in [3.8, 4) is 11.1 Å². The summed E-state index contributed by atoms with van der Waals surface area (Å²) in [5.41, 5.74) is 2.55. The lowest BCUT2D eigenvalue weighted by Crippen LogP contribution is -2.00. The van der Waals surface area contributed by atoms with Crippen LogP contribution in [0.3, 0.4) is 0 Å². The molecule has 2 aromatic carbocycles. The summed E-state index contributed by atoms with van der Waals surface area (Å²) in [7, 11) is 0. The molecule has 6 heteroatoms. The van der Waals surface area contributed by atoms with E-state index in [-0.39, 0.29) is 22.4 Å². The molecule has 0 aromatic heterocycles. The van der Waals surface area contributed by atoms with Crippen LogP contribution in [0.1, 0.15) is 12.5 Å². The Morgan fingerprint density at radius 1 is 1.00 bits per heavy atom. The molecule has 0 aliphatic rings. The van der Waals surface area contributed by atoms with Crippen molar-refractivity contribution in [3.63, 3.8) is 0 Å². The number of hydrogen-bond donors (Lipinski definition) is 1. The maximum absolute atomic E-state index is 12.0. The summed E-state index contributed by atoms with van der Waals surface area (Å²) in [5, 5.41) is 8.66. The summed E-state index contributed by atoms with van der Waals surface area (Å²) in [6, 6.07) is 14.8. The lowest BCUT2D eigenvalue weighted by Gasteiger charge is -2.09. The quantitative estimate of drug-likeness (QED) is 0.788. The van der Waals surface area contributed by atoms with Gasteiger partial charge in [0, 0.05) is 11.8 Å². The third-order valence-corrected chi connectivity index (χ3v) is 5.07. The van der Waals surface area contributed by atoms with E-state index in [4.69, 9.17) is 5.11 Å². The molecule has 0 heterocycles. The average molecular weight is 360 g/mol. The van der Waals surface area contributed by atoms with Gasteiger partial charge in [-0.15, -0.1) is 0 Å². The van der Waals surface area contributed by atoms with Crippen molar-refractivity contribution in [3.05, 3.63) is 54.1 Å². The van der Waals surface area contributed by atoms with Crippen molar-refractivity contribution in [2.24, 2.45) is 0 Å². The molecule has 0 fully saturated rings. The van der Waals surface area contributed by atoms with Crippen LogP contribution in [0, 0.1) is 0 Å². The van der Waals surface area contributed by atoms with Gasteiger partial charge in [0.2, 0.25) is 5.12 Å². The molecule has 2 aromatic rings. The van der Waals surface area contributed by atoms with Gasteiger partial charge in [-0.2, -0.15) is 0 Å². The number of carbonyl (C=O) groups is 3. The van der Waals surface area contributed by atoms with E-state index in [1.807, 2.05) is 36.4 Å². The monoisotopic (exact) mass is 360 g/mol. The highest BCUT2D eigenvalue weighted by Crippen LogP contribution is 2.32. The van der Waals surface area contributed by atoms with E-state index in [2.05, 4.69) is 0 Å². The molecular formula is C18H16O4S2. The van der Waals surface area contributed by atoms with Gasteiger partial charge in [-0.25, -0.2) is 0 Å². The fourth-order valence-corrected chi connectivity index (χ4v) is 3.50. The predicted molar refractivity (Wildman–Crippen MR) is 97.2 cm³/mol. The zero-order valence-corrected chi connectivity index (χ0v) is 14.7. The largest absolute Gasteiger partial charge is 0.481 e. The van der Waals surface area contributed by atoms with E-state index in [0.29, 0.717) is 0 Å². The molecule has 0 radical (unpaired) electrons. The summed E-state index contributed by atoms with van der Waals surface area (Å²) in [6.07, 6.45) is -0.0164. The molecule has 124 valence electrons. The van der Waals surface area contributed by atoms with E-state index >= 15 is 0 Å². The Balaban J connectivity index is 2.17. The molecule has 0 bridgehead atoms. The second-order valence-corrected chi connectivity index (χ2v) is 7.27. The molecule has 0 aliphatic heterocycles. The Bertz CT molecular complexity index is 754.